The molecule has 2 heterocycles. The van der Waals surface area contributed by atoms with Crippen LogP contribution in [0.4, 0.5) is 8.78 Å². The van der Waals surface area contributed by atoms with E-state index in [4.69, 9.17) is 33.2 Å². The molecule has 2 unspecified atom stereocenters. The lowest BCUT2D eigenvalue weighted by Crippen LogP contribution is -2.46. The first-order chi connectivity index (χ1) is 27.5. The number of benzene rings is 6. The van der Waals surface area contributed by atoms with Crippen LogP contribution < -0.4 is 28.4 Å². The Kier molecular flexibility index (Phi) is 10.5. The molecule has 0 spiro atoms. The molecule has 0 aromatic heterocycles. The normalized spacial score (nSPS) is 14.3. The molecule has 0 radical (unpaired) electrons. The number of para-hydroxylation sites is 2. The zero-order valence-electron chi connectivity index (χ0n) is 32.3. The van der Waals surface area contributed by atoms with Crippen molar-refractivity contribution < 1.29 is 41.9 Å². The number of hydrogen-bond donors (Lipinski definition) is 0. The zero-order chi connectivity index (χ0) is 39.6. The van der Waals surface area contributed by atoms with Gasteiger partial charge in [0.2, 0.25) is 13.6 Å². The molecule has 2 aliphatic rings. The number of hydrogen-bond acceptors (Lipinski definition) is 7. The molecule has 0 aliphatic carbocycles. The van der Waals surface area contributed by atoms with Crippen molar-refractivity contribution >= 4 is 0 Å². The highest BCUT2D eigenvalue weighted by molar-refractivity contribution is 5.48. The van der Waals surface area contributed by atoms with Gasteiger partial charge in [0.05, 0.1) is 12.2 Å². The molecule has 6 aromatic carbocycles. The van der Waals surface area contributed by atoms with E-state index in [-0.39, 0.29) is 25.1 Å². The van der Waals surface area contributed by atoms with Crippen LogP contribution in [0.15, 0.2) is 133 Å². The number of halogens is 2. The van der Waals surface area contributed by atoms with Crippen molar-refractivity contribution in [3.05, 3.63) is 167 Å². The molecule has 2 aliphatic heterocycles. The molecule has 0 amide bonds. The van der Waals surface area contributed by atoms with E-state index < -0.39 is 34.7 Å². The van der Waals surface area contributed by atoms with Crippen LogP contribution in [0.2, 0.25) is 0 Å². The Morgan fingerprint density at radius 1 is 0.491 bits per heavy atom. The molecule has 0 saturated heterocycles. The summed E-state index contributed by atoms with van der Waals surface area (Å²) in [4.78, 5) is 0. The van der Waals surface area contributed by atoms with E-state index in [9.17, 15) is 0 Å². The van der Waals surface area contributed by atoms with Gasteiger partial charge in [-0.1, -0.05) is 88.4 Å². The van der Waals surface area contributed by atoms with Gasteiger partial charge in [-0.2, -0.15) is 0 Å². The maximum Gasteiger partial charge on any atom is 0.231 e. The predicted molar refractivity (Wildman–Crippen MR) is 213 cm³/mol. The Labute approximate surface area is 331 Å². The Hall–Kier alpha value is -6.06. The smallest absolute Gasteiger partial charge is 0.231 e. The first kappa shape index (κ1) is 37.8. The zero-order valence-corrected chi connectivity index (χ0v) is 32.3. The van der Waals surface area contributed by atoms with Gasteiger partial charge in [0.15, 0.2) is 46.1 Å². The highest BCUT2D eigenvalue weighted by atomic mass is 19.1. The fourth-order valence-electron chi connectivity index (χ4n) is 7.28. The molecule has 7 nitrogen and oxygen atoms in total. The summed E-state index contributed by atoms with van der Waals surface area (Å²) in [6.45, 7) is 8.84. The summed E-state index contributed by atoms with van der Waals surface area (Å²) in [5.41, 5.74) is 2.31. The lowest BCUT2D eigenvalue weighted by molar-refractivity contribution is -0.0753. The summed E-state index contributed by atoms with van der Waals surface area (Å²) in [5.74, 6) is 3.04. The Morgan fingerprint density at radius 2 is 0.895 bits per heavy atom. The number of fused-ring (bicyclic) bond motifs is 2. The largest absolute Gasteiger partial charge is 0.454 e. The van der Waals surface area contributed by atoms with E-state index in [1.807, 2.05) is 72.8 Å². The molecule has 57 heavy (non-hydrogen) atoms. The maximum atomic E-state index is 15.3. The van der Waals surface area contributed by atoms with Gasteiger partial charge < -0.3 is 33.2 Å². The van der Waals surface area contributed by atoms with E-state index in [0.717, 1.165) is 22.3 Å². The third-order valence-electron chi connectivity index (χ3n) is 10.9. The summed E-state index contributed by atoms with van der Waals surface area (Å²) in [7, 11) is 0. The van der Waals surface area contributed by atoms with Gasteiger partial charge in [-0.15, -0.1) is 0 Å². The standard InChI is InChI=1S/C48H44F2O7/c1-47(2,33-17-21-39-43(27-33)53-29-51-39)45(25-31-15-19-37(49)41(23-31)55-35-11-7-5-8-12-35)57-46(48(3,4)34-18-22-40-44(28-34)54-30-52-40)26-32-16-20-38(50)42(24-32)56-36-13-9-6-10-14-36/h5-24,27-28,45-46H,25-26,29-30H2,1-4H3. The average Bonchev–Trinajstić information content (AvgIpc) is 3.90. The second-order valence-corrected chi connectivity index (χ2v) is 15.5. The molecule has 0 bridgehead atoms. The first-order valence-electron chi connectivity index (χ1n) is 19.0. The molecule has 8 rings (SSSR count). The van der Waals surface area contributed by atoms with Crippen LogP contribution in [0, 0.1) is 11.6 Å². The van der Waals surface area contributed by atoms with Gasteiger partial charge in [0.1, 0.15) is 11.5 Å². The van der Waals surface area contributed by atoms with Gasteiger partial charge in [0.25, 0.3) is 0 Å². The highest BCUT2D eigenvalue weighted by Gasteiger charge is 2.41. The maximum absolute atomic E-state index is 15.3. The Balaban J connectivity index is 1.19. The topological polar surface area (TPSA) is 64.6 Å². The van der Waals surface area contributed by atoms with Crippen LogP contribution in [-0.4, -0.2) is 25.8 Å². The fourth-order valence-corrected chi connectivity index (χ4v) is 7.28. The molecule has 2 atom stereocenters. The van der Waals surface area contributed by atoms with Crippen molar-refractivity contribution in [2.24, 2.45) is 0 Å². The van der Waals surface area contributed by atoms with Crippen molar-refractivity contribution in [3.63, 3.8) is 0 Å². The van der Waals surface area contributed by atoms with Crippen LogP contribution in [0.3, 0.4) is 0 Å². The highest BCUT2D eigenvalue weighted by Crippen LogP contribution is 2.44. The lowest BCUT2D eigenvalue weighted by Gasteiger charge is -2.43. The van der Waals surface area contributed by atoms with Crippen molar-refractivity contribution in [2.75, 3.05) is 13.6 Å². The predicted octanol–water partition coefficient (Wildman–Crippen LogP) is 11.5. The fraction of sp³-hybridized carbons (Fsp3) is 0.250. The van der Waals surface area contributed by atoms with Gasteiger partial charge in [0, 0.05) is 10.8 Å². The molecule has 9 heteroatoms. The summed E-state index contributed by atoms with van der Waals surface area (Å²) in [5, 5.41) is 0. The Bertz CT molecular complexity index is 2180. The minimum atomic E-state index is -0.636. The molecule has 0 saturated carbocycles. The van der Waals surface area contributed by atoms with E-state index >= 15 is 8.78 Å². The number of rotatable bonds is 14. The van der Waals surface area contributed by atoms with Gasteiger partial charge in [-0.25, -0.2) is 8.78 Å². The van der Waals surface area contributed by atoms with Crippen molar-refractivity contribution in [3.8, 4) is 46.0 Å². The summed E-state index contributed by atoms with van der Waals surface area (Å²) < 4.78 is 73.0. The lowest BCUT2D eigenvalue weighted by atomic mass is 9.74. The monoisotopic (exact) mass is 770 g/mol. The average molecular weight is 771 g/mol. The summed E-state index contributed by atoms with van der Waals surface area (Å²) >= 11 is 0. The minimum absolute atomic E-state index is 0.118. The van der Waals surface area contributed by atoms with E-state index in [2.05, 4.69) is 27.7 Å². The molecule has 0 fully saturated rings. The van der Waals surface area contributed by atoms with Crippen molar-refractivity contribution in [1.82, 2.24) is 0 Å². The molecular formula is C48H44F2O7. The summed E-state index contributed by atoms with van der Waals surface area (Å²) in [6.07, 6.45) is -0.197. The van der Waals surface area contributed by atoms with Crippen LogP contribution in [0.25, 0.3) is 0 Å². The minimum Gasteiger partial charge on any atom is -0.454 e. The third-order valence-corrected chi connectivity index (χ3v) is 10.9. The van der Waals surface area contributed by atoms with Crippen LogP contribution >= 0.6 is 0 Å². The second kappa shape index (κ2) is 15.8. The van der Waals surface area contributed by atoms with Crippen molar-refractivity contribution in [2.45, 2.75) is 63.6 Å². The van der Waals surface area contributed by atoms with E-state index in [0.29, 0.717) is 47.3 Å². The molecule has 6 aromatic rings. The first-order valence-corrected chi connectivity index (χ1v) is 19.0. The summed E-state index contributed by atoms with van der Waals surface area (Å²) in [6, 6.07) is 40.0. The quantitative estimate of drug-likeness (QED) is 0.109. The van der Waals surface area contributed by atoms with Gasteiger partial charge in [-0.3, -0.25) is 0 Å². The molecular weight excluding hydrogens is 727 g/mol. The van der Waals surface area contributed by atoms with Gasteiger partial charge in [-0.05, 0) is 108 Å². The van der Waals surface area contributed by atoms with Gasteiger partial charge >= 0.3 is 0 Å². The van der Waals surface area contributed by atoms with E-state index in [1.165, 1.54) is 12.1 Å². The van der Waals surface area contributed by atoms with Crippen LogP contribution in [0.5, 0.6) is 46.0 Å². The third kappa shape index (κ3) is 8.25. The molecule has 292 valence electrons. The Morgan fingerprint density at radius 3 is 1.32 bits per heavy atom. The number of ether oxygens (including phenoxy) is 7. The van der Waals surface area contributed by atoms with Crippen LogP contribution in [0.1, 0.15) is 49.9 Å². The van der Waals surface area contributed by atoms with E-state index in [1.54, 1.807) is 48.5 Å². The van der Waals surface area contributed by atoms with Crippen LogP contribution in [-0.2, 0) is 28.4 Å². The van der Waals surface area contributed by atoms with Crippen molar-refractivity contribution in [1.29, 1.82) is 0 Å². The second-order valence-electron chi connectivity index (χ2n) is 15.5. The SMILES string of the molecule is CC(C)(c1ccc2c(c1)OCO2)C(Cc1ccc(F)c(Oc2ccccc2)c1)OC(Cc1ccc(F)c(Oc2ccccc2)c1)C(C)(C)c1ccc2c(c1)OCO2. The molecule has 0 N–H and O–H groups in total.